The van der Waals surface area contributed by atoms with Crippen molar-refractivity contribution in [1.82, 2.24) is 15.0 Å². The van der Waals surface area contributed by atoms with Crippen molar-refractivity contribution in [2.75, 3.05) is 12.0 Å². The summed E-state index contributed by atoms with van der Waals surface area (Å²) in [6, 6.07) is 8.49. The van der Waals surface area contributed by atoms with E-state index >= 15 is 0 Å². The number of nitrogens with two attached hydrogens (primary N) is 1. The number of aromatic nitrogens is 3. The van der Waals surface area contributed by atoms with Gasteiger partial charge >= 0.3 is 0 Å². The lowest BCUT2D eigenvalue weighted by molar-refractivity contribution is 0.502. The Balaban J connectivity index is 2.28. The second-order valence-electron chi connectivity index (χ2n) is 5.58. The Labute approximate surface area is 118 Å². The van der Waals surface area contributed by atoms with Gasteiger partial charge in [0.15, 0.2) is 5.82 Å². The standard InChI is InChI=1S/C14H20N4S/c1-14(2,3)12-13(15)16-17-18(12)9-10-5-7-11(19-4)8-6-10/h5-8H,9,15H2,1-4H3. The number of hydrogen-bond donors (Lipinski definition) is 1. The van der Waals surface area contributed by atoms with E-state index in [4.69, 9.17) is 5.73 Å². The summed E-state index contributed by atoms with van der Waals surface area (Å²) in [7, 11) is 0. The van der Waals surface area contributed by atoms with Crippen molar-refractivity contribution in [3.63, 3.8) is 0 Å². The van der Waals surface area contributed by atoms with Gasteiger partial charge in [0, 0.05) is 10.3 Å². The van der Waals surface area contributed by atoms with E-state index in [-0.39, 0.29) is 5.41 Å². The van der Waals surface area contributed by atoms with Crippen molar-refractivity contribution in [3.05, 3.63) is 35.5 Å². The van der Waals surface area contributed by atoms with Gasteiger partial charge in [-0.25, -0.2) is 4.68 Å². The average molecular weight is 276 g/mol. The van der Waals surface area contributed by atoms with Gasteiger partial charge in [-0.2, -0.15) is 0 Å². The molecule has 1 aromatic heterocycles. The zero-order valence-corrected chi connectivity index (χ0v) is 12.7. The Morgan fingerprint density at radius 2 is 1.84 bits per heavy atom. The first-order valence-corrected chi connectivity index (χ1v) is 7.46. The van der Waals surface area contributed by atoms with E-state index in [9.17, 15) is 0 Å². The molecule has 2 rings (SSSR count). The zero-order chi connectivity index (χ0) is 14.0. The molecule has 0 atom stereocenters. The van der Waals surface area contributed by atoms with Gasteiger partial charge in [-0.15, -0.1) is 16.9 Å². The van der Waals surface area contributed by atoms with Crippen LogP contribution in [0.1, 0.15) is 32.0 Å². The molecule has 0 fully saturated rings. The maximum atomic E-state index is 5.93. The topological polar surface area (TPSA) is 56.7 Å². The van der Waals surface area contributed by atoms with E-state index in [0.29, 0.717) is 12.4 Å². The molecule has 0 saturated carbocycles. The lowest BCUT2D eigenvalue weighted by Crippen LogP contribution is -2.20. The third kappa shape index (κ3) is 3.10. The van der Waals surface area contributed by atoms with Crippen molar-refractivity contribution in [2.45, 2.75) is 37.6 Å². The fraction of sp³-hybridized carbons (Fsp3) is 0.429. The van der Waals surface area contributed by atoms with Crippen LogP contribution < -0.4 is 5.73 Å². The highest BCUT2D eigenvalue weighted by atomic mass is 32.2. The van der Waals surface area contributed by atoms with E-state index in [2.05, 4.69) is 61.6 Å². The first-order chi connectivity index (χ1) is 8.91. The minimum Gasteiger partial charge on any atom is -0.381 e. The number of thioether (sulfide) groups is 1. The smallest absolute Gasteiger partial charge is 0.169 e. The van der Waals surface area contributed by atoms with Gasteiger partial charge in [0.1, 0.15) is 0 Å². The summed E-state index contributed by atoms with van der Waals surface area (Å²) in [6.45, 7) is 7.06. The fourth-order valence-electron chi connectivity index (χ4n) is 2.11. The minimum atomic E-state index is -0.0627. The maximum Gasteiger partial charge on any atom is 0.169 e. The Morgan fingerprint density at radius 1 is 1.21 bits per heavy atom. The normalized spacial score (nSPS) is 11.8. The average Bonchev–Trinajstić information content (AvgIpc) is 2.71. The van der Waals surface area contributed by atoms with E-state index in [1.54, 1.807) is 11.8 Å². The fourth-order valence-corrected chi connectivity index (χ4v) is 2.52. The second kappa shape index (κ2) is 5.25. The number of nitrogens with zero attached hydrogens (tertiary/aromatic N) is 3. The van der Waals surface area contributed by atoms with Crippen molar-refractivity contribution >= 4 is 17.6 Å². The Morgan fingerprint density at radius 3 is 2.37 bits per heavy atom. The molecule has 0 unspecified atom stereocenters. The molecule has 1 heterocycles. The molecule has 2 N–H and O–H groups in total. The molecule has 0 amide bonds. The van der Waals surface area contributed by atoms with E-state index in [1.165, 1.54) is 10.5 Å². The first-order valence-electron chi connectivity index (χ1n) is 6.24. The molecule has 19 heavy (non-hydrogen) atoms. The lowest BCUT2D eigenvalue weighted by atomic mass is 9.92. The van der Waals surface area contributed by atoms with Crippen LogP contribution in [0.2, 0.25) is 0 Å². The van der Waals surface area contributed by atoms with Gasteiger partial charge in [0.05, 0.1) is 12.2 Å². The van der Waals surface area contributed by atoms with Crippen LogP contribution in [0, 0.1) is 0 Å². The highest BCUT2D eigenvalue weighted by molar-refractivity contribution is 7.98. The summed E-state index contributed by atoms with van der Waals surface area (Å²) >= 11 is 1.74. The maximum absolute atomic E-state index is 5.93. The van der Waals surface area contributed by atoms with Crippen LogP contribution in [-0.4, -0.2) is 21.2 Å². The van der Waals surface area contributed by atoms with E-state index in [1.807, 2.05) is 4.68 Å². The summed E-state index contributed by atoms with van der Waals surface area (Å²) in [5, 5.41) is 8.16. The van der Waals surface area contributed by atoms with Crippen LogP contribution >= 0.6 is 11.8 Å². The number of nitrogen functional groups attached to an aromatic ring is 1. The second-order valence-corrected chi connectivity index (χ2v) is 6.46. The molecule has 0 aliphatic heterocycles. The quantitative estimate of drug-likeness (QED) is 0.876. The predicted octanol–water partition coefficient (Wildman–Crippen LogP) is 2.93. The van der Waals surface area contributed by atoms with Crippen LogP contribution in [0.3, 0.4) is 0 Å². The number of rotatable bonds is 3. The van der Waals surface area contributed by atoms with Crippen molar-refractivity contribution in [2.24, 2.45) is 0 Å². The van der Waals surface area contributed by atoms with Gasteiger partial charge in [-0.1, -0.05) is 38.1 Å². The summed E-state index contributed by atoms with van der Waals surface area (Å²) in [5.41, 5.74) is 8.06. The molecule has 1 aromatic carbocycles. The molecule has 0 radical (unpaired) electrons. The minimum absolute atomic E-state index is 0.0627. The Hall–Kier alpha value is -1.49. The van der Waals surface area contributed by atoms with Crippen LogP contribution in [0.15, 0.2) is 29.2 Å². The van der Waals surface area contributed by atoms with Gasteiger partial charge < -0.3 is 5.73 Å². The summed E-state index contributed by atoms with van der Waals surface area (Å²) in [4.78, 5) is 1.26. The van der Waals surface area contributed by atoms with Crippen molar-refractivity contribution in [3.8, 4) is 0 Å². The lowest BCUT2D eigenvalue weighted by Gasteiger charge is -2.20. The molecule has 2 aromatic rings. The molecule has 0 aliphatic rings. The molecule has 4 nitrogen and oxygen atoms in total. The third-order valence-corrected chi connectivity index (χ3v) is 3.71. The monoisotopic (exact) mass is 276 g/mol. The SMILES string of the molecule is CSc1ccc(Cn2nnc(N)c2C(C)(C)C)cc1. The zero-order valence-electron chi connectivity index (χ0n) is 11.8. The van der Waals surface area contributed by atoms with Crippen LogP contribution in [-0.2, 0) is 12.0 Å². The van der Waals surface area contributed by atoms with Crippen LogP contribution in [0.4, 0.5) is 5.82 Å². The highest BCUT2D eigenvalue weighted by Crippen LogP contribution is 2.26. The van der Waals surface area contributed by atoms with Crippen molar-refractivity contribution in [1.29, 1.82) is 0 Å². The number of anilines is 1. The molecular weight excluding hydrogens is 256 g/mol. The molecule has 0 saturated heterocycles. The Kier molecular flexibility index (Phi) is 3.85. The number of hydrogen-bond acceptors (Lipinski definition) is 4. The van der Waals surface area contributed by atoms with Crippen LogP contribution in [0.25, 0.3) is 0 Å². The van der Waals surface area contributed by atoms with Gasteiger partial charge in [0.2, 0.25) is 0 Å². The first kappa shape index (κ1) is 13.9. The van der Waals surface area contributed by atoms with Gasteiger partial charge in [0.25, 0.3) is 0 Å². The van der Waals surface area contributed by atoms with Gasteiger partial charge in [-0.3, -0.25) is 0 Å². The molecule has 0 bridgehead atoms. The molecule has 0 aliphatic carbocycles. The largest absolute Gasteiger partial charge is 0.381 e. The Bertz CT molecular complexity index is 552. The van der Waals surface area contributed by atoms with E-state index in [0.717, 1.165) is 5.69 Å². The summed E-state index contributed by atoms with van der Waals surface area (Å²) in [6.07, 6.45) is 2.07. The van der Waals surface area contributed by atoms with Gasteiger partial charge in [-0.05, 0) is 24.0 Å². The molecule has 0 spiro atoms. The van der Waals surface area contributed by atoms with Crippen LogP contribution in [0.5, 0.6) is 0 Å². The van der Waals surface area contributed by atoms with E-state index < -0.39 is 0 Å². The summed E-state index contributed by atoms with van der Waals surface area (Å²) < 4.78 is 1.89. The molecule has 102 valence electrons. The molecular formula is C14H20N4S. The molecule has 5 heteroatoms. The highest BCUT2D eigenvalue weighted by Gasteiger charge is 2.23. The summed E-state index contributed by atoms with van der Waals surface area (Å²) in [5.74, 6) is 0.522. The number of benzene rings is 1. The van der Waals surface area contributed by atoms with Crippen molar-refractivity contribution < 1.29 is 0 Å². The third-order valence-electron chi connectivity index (χ3n) is 2.96. The predicted molar refractivity (Wildman–Crippen MR) is 80.5 cm³/mol.